The van der Waals surface area contributed by atoms with Gasteiger partial charge in [-0.2, -0.15) is 0 Å². The molecule has 0 aliphatic carbocycles. The van der Waals surface area contributed by atoms with Gasteiger partial charge in [0.05, 0.1) is 5.56 Å². The first-order valence-electron chi connectivity index (χ1n) is 5.83. The number of anilines is 1. The minimum atomic E-state index is -0.984. The zero-order chi connectivity index (χ0) is 13.3. The number of rotatable bonds is 2. The monoisotopic (exact) mass is 269 g/mol. The van der Waals surface area contributed by atoms with Crippen LogP contribution in [0, 0.1) is 0 Å². The van der Waals surface area contributed by atoms with E-state index >= 15 is 0 Å². The van der Waals surface area contributed by atoms with Crippen LogP contribution in [-0.4, -0.2) is 53.7 Å². The number of aromatic carboxylic acids is 1. The van der Waals surface area contributed by atoms with Gasteiger partial charge in [-0.3, -0.25) is 0 Å². The maximum absolute atomic E-state index is 11.0. The number of likely N-dealkylation sites (N-methyl/N-ethyl adjacent to an activating group) is 1. The second-order valence-corrected chi connectivity index (χ2v) is 5.00. The standard InChI is InChI=1S/C12H16ClN3O2/c1-8-7-16(4-3-15(8)2)11-6-9(12(17)18)5-10(13)14-11/h5-6,8H,3-4,7H2,1-2H3,(H,17,18). The molecule has 1 unspecified atom stereocenters. The zero-order valence-electron chi connectivity index (χ0n) is 10.4. The Balaban J connectivity index is 2.25. The van der Waals surface area contributed by atoms with Gasteiger partial charge in [-0.15, -0.1) is 0 Å². The van der Waals surface area contributed by atoms with Crippen molar-refractivity contribution >= 4 is 23.4 Å². The van der Waals surface area contributed by atoms with Crippen molar-refractivity contribution in [3.63, 3.8) is 0 Å². The molecule has 0 amide bonds. The molecule has 1 aromatic rings. The van der Waals surface area contributed by atoms with Gasteiger partial charge < -0.3 is 14.9 Å². The third-order valence-electron chi connectivity index (χ3n) is 3.31. The van der Waals surface area contributed by atoms with Crippen LogP contribution in [0.4, 0.5) is 5.82 Å². The van der Waals surface area contributed by atoms with Crippen molar-refractivity contribution in [1.29, 1.82) is 0 Å². The lowest BCUT2D eigenvalue weighted by atomic mass is 10.2. The van der Waals surface area contributed by atoms with Gasteiger partial charge >= 0.3 is 5.97 Å². The minimum absolute atomic E-state index is 0.177. The number of hydrogen-bond acceptors (Lipinski definition) is 4. The first kappa shape index (κ1) is 13.1. The largest absolute Gasteiger partial charge is 0.478 e. The molecule has 0 radical (unpaired) electrons. The van der Waals surface area contributed by atoms with Gasteiger partial charge in [0.25, 0.3) is 0 Å². The SMILES string of the molecule is CC1CN(c2cc(C(=O)O)cc(Cl)n2)CCN1C. The maximum Gasteiger partial charge on any atom is 0.335 e. The lowest BCUT2D eigenvalue weighted by Crippen LogP contribution is -2.50. The van der Waals surface area contributed by atoms with Crippen LogP contribution >= 0.6 is 11.6 Å². The van der Waals surface area contributed by atoms with Gasteiger partial charge in [-0.25, -0.2) is 9.78 Å². The van der Waals surface area contributed by atoms with Gasteiger partial charge in [-0.05, 0) is 26.1 Å². The van der Waals surface area contributed by atoms with Crippen molar-refractivity contribution in [3.8, 4) is 0 Å². The van der Waals surface area contributed by atoms with E-state index in [-0.39, 0.29) is 10.7 Å². The van der Waals surface area contributed by atoms with E-state index in [0.29, 0.717) is 11.9 Å². The van der Waals surface area contributed by atoms with Crippen molar-refractivity contribution in [2.24, 2.45) is 0 Å². The predicted molar refractivity (Wildman–Crippen MR) is 70.5 cm³/mol. The summed E-state index contributed by atoms with van der Waals surface area (Å²) in [6, 6.07) is 3.35. The Kier molecular flexibility index (Phi) is 3.73. The average Bonchev–Trinajstić information content (AvgIpc) is 2.31. The molecule has 0 spiro atoms. The third kappa shape index (κ3) is 2.73. The molecule has 0 saturated carbocycles. The number of halogens is 1. The fraction of sp³-hybridized carbons (Fsp3) is 0.500. The van der Waals surface area contributed by atoms with Crippen LogP contribution < -0.4 is 4.90 Å². The van der Waals surface area contributed by atoms with Crippen LogP contribution in [0.2, 0.25) is 5.15 Å². The molecule has 0 aromatic carbocycles. The minimum Gasteiger partial charge on any atom is -0.478 e. The van der Waals surface area contributed by atoms with Crippen LogP contribution in [0.1, 0.15) is 17.3 Å². The molecule has 6 heteroatoms. The number of carboxylic acid groups (broad SMARTS) is 1. The third-order valence-corrected chi connectivity index (χ3v) is 3.50. The molecule has 1 aliphatic heterocycles. The van der Waals surface area contributed by atoms with Crippen molar-refractivity contribution in [2.45, 2.75) is 13.0 Å². The summed E-state index contributed by atoms with van der Waals surface area (Å²) in [5, 5.41) is 9.23. The summed E-state index contributed by atoms with van der Waals surface area (Å²) < 4.78 is 0. The van der Waals surface area contributed by atoms with Crippen molar-refractivity contribution in [1.82, 2.24) is 9.88 Å². The van der Waals surface area contributed by atoms with Gasteiger partial charge in [0.2, 0.25) is 0 Å². The number of pyridine rings is 1. The molecule has 5 nitrogen and oxygen atoms in total. The number of aromatic nitrogens is 1. The number of piperazine rings is 1. The van der Waals surface area contributed by atoms with E-state index < -0.39 is 5.97 Å². The smallest absolute Gasteiger partial charge is 0.335 e. The summed E-state index contributed by atoms with van der Waals surface area (Å²) in [6.07, 6.45) is 0. The lowest BCUT2D eigenvalue weighted by Gasteiger charge is -2.38. The molecule has 1 fully saturated rings. The molecule has 2 heterocycles. The highest BCUT2D eigenvalue weighted by Gasteiger charge is 2.22. The molecular formula is C12H16ClN3O2. The highest BCUT2D eigenvalue weighted by Crippen LogP contribution is 2.21. The summed E-state index contributed by atoms with van der Waals surface area (Å²) in [7, 11) is 2.08. The van der Waals surface area contributed by atoms with E-state index in [2.05, 4.69) is 28.8 Å². The van der Waals surface area contributed by atoms with Crippen LogP contribution in [0.3, 0.4) is 0 Å². The number of carbonyl (C=O) groups is 1. The average molecular weight is 270 g/mol. The number of nitrogens with zero attached hydrogens (tertiary/aromatic N) is 3. The summed E-state index contributed by atoms with van der Waals surface area (Å²) in [5.74, 6) is -0.345. The van der Waals surface area contributed by atoms with Crippen molar-refractivity contribution in [3.05, 3.63) is 22.8 Å². The number of hydrogen-bond donors (Lipinski definition) is 1. The Bertz CT molecular complexity index is 467. The van der Waals surface area contributed by atoms with Crippen LogP contribution in [0.25, 0.3) is 0 Å². The molecule has 1 atom stereocenters. The lowest BCUT2D eigenvalue weighted by molar-refractivity contribution is 0.0697. The van der Waals surface area contributed by atoms with E-state index in [1.165, 1.54) is 6.07 Å². The fourth-order valence-corrected chi connectivity index (χ4v) is 2.23. The summed E-state index contributed by atoms with van der Waals surface area (Å²) in [5.41, 5.74) is 0.177. The molecule has 1 N–H and O–H groups in total. The van der Waals surface area contributed by atoms with E-state index in [1.54, 1.807) is 6.07 Å². The molecule has 1 saturated heterocycles. The van der Waals surface area contributed by atoms with E-state index in [4.69, 9.17) is 16.7 Å². The second-order valence-electron chi connectivity index (χ2n) is 4.62. The van der Waals surface area contributed by atoms with E-state index in [9.17, 15) is 4.79 Å². The molecular weight excluding hydrogens is 254 g/mol. The predicted octanol–water partition coefficient (Wildman–Crippen LogP) is 1.57. The maximum atomic E-state index is 11.0. The van der Waals surface area contributed by atoms with Gasteiger partial charge in [0, 0.05) is 25.7 Å². The Morgan fingerprint density at radius 1 is 1.50 bits per heavy atom. The van der Waals surface area contributed by atoms with E-state index in [0.717, 1.165) is 19.6 Å². The molecule has 1 aromatic heterocycles. The number of carboxylic acids is 1. The zero-order valence-corrected chi connectivity index (χ0v) is 11.2. The highest BCUT2D eigenvalue weighted by atomic mass is 35.5. The van der Waals surface area contributed by atoms with Crippen LogP contribution in [0.5, 0.6) is 0 Å². The van der Waals surface area contributed by atoms with Crippen molar-refractivity contribution < 1.29 is 9.90 Å². The molecule has 0 bridgehead atoms. The van der Waals surface area contributed by atoms with Crippen LogP contribution in [-0.2, 0) is 0 Å². The van der Waals surface area contributed by atoms with Gasteiger partial charge in [-0.1, -0.05) is 11.6 Å². The van der Waals surface area contributed by atoms with E-state index in [1.807, 2.05) is 0 Å². The summed E-state index contributed by atoms with van der Waals surface area (Å²) in [4.78, 5) is 19.5. The normalized spacial score (nSPS) is 21.1. The fourth-order valence-electron chi connectivity index (χ4n) is 2.03. The summed E-state index contributed by atoms with van der Waals surface area (Å²) in [6.45, 7) is 4.71. The van der Waals surface area contributed by atoms with Crippen molar-refractivity contribution in [2.75, 3.05) is 31.6 Å². The molecule has 18 heavy (non-hydrogen) atoms. The summed E-state index contributed by atoms with van der Waals surface area (Å²) >= 11 is 5.87. The Labute approximate surface area is 111 Å². The Morgan fingerprint density at radius 3 is 2.83 bits per heavy atom. The molecule has 98 valence electrons. The first-order valence-corrected chi connectivity index (χ1v) is 6.21. The highest BCUT2D eigenvalue weighted by molar-refractivity contribution is 6.29. The van der Waals surface area contributed by atoms with Crippen LogP contribution in [0.15, 0.2) is 12.1 Å². The second kappa shape index (κ2) is 5.12. The molecule has 1 aliphatic rings. The Hall–Kier alpha value is -1.33. The van der Waals surface area contributed by atoms with Gasteiger partial charge in [0.1, 0.15) is 11.0 Å². The Morgan fingerprint density at radius 2 is 2.22 bits per heavy atom. The topological polar surface area (TPSA) is 56.7 Å². The van der Waals surface area contributed by atoms with Gasteiger partial charge in [0.15, 0.2) is 0 Å². The first-order chi connectivity index (χ1) is 8.47. The quantitative estimate of drug-likeness (QED) is 0.826. The molecule has 2 rings (SSSR count).